The molecule has 0 saturated heterocycles. The molecule has 0 saturated carbocycles. The lowest BCUT2D eigenvalue weighted by atomic mass is 10.1. The van der Waals surface area contributed by atoms with Gasteiger partial charge in [-0.05, 0) is 61.5 Å². The smallest absolute Gasteiger partial charge is 0.238 e. The van der Waals surface area contributed by atoms with Crippen LogP contribution in [0.2, 0.25) is 5.02 Å². The molecule has 0 spiro atoms. The van der Waals surface area contributed by atoms with Crippen molar-refractivity contribution < 1.29 is 13.2 Å². The van der Waals surface area contributed by atoms with E-state index in [1.165, 1.54) is 36.0 Å². The Hall–Kier alpha value is -3.64. The monoisotopic (exact) mass is 552 g/mol. The number of thioether (sulfide) groups is 1. The van der Waals surface area contributed by atoms with Gasteiger partial charge in [-0.2, -0.15) is 0 Å². The number of sulfonamides is 1. The van der Waals surface area contributed by atoms with Gasteiger partial charge in [-0.1, -0.05) is 41.6 Å². The largest absolute Gasteiger partial charge is 0.360 e. The molecule has 37 heavy (non-hydrogen) atoms. The molecule has 3 aromatic carbocycles. The SMILES string of the molecule is CC(Sc1nnc(-c2c[nH]c3ccccc23)n1-c1ccc(Cl)cc1)C(=O)Nc1ccc(S(N)(=O)=O)cc1. The van der Waals surface area contributed by atoms with Crippen molar-refractivity contribution in [3.8, 4) is 17.1 Å². The summed E-state index contributed by atoms with van der Waals surface area (Å²) >= 11 is 7.37. The zero-order valence-corrected chi connectivity index (χ0v) is 21.8. The second-order valence-electron chi connectivity index (χ2n) is 8.18. The van der Waals surface area contributed by atoms with Crippen molar-refractivity contribution in [3.05, 3.63) is 84.0 Å². The zero-order valence-electron chi connectivity index (χ0n) is 19.4. The van der Waals surface area contributed by atoms with Crippen molar-refractivity contribution in [1.82, 2.24) is 19.7 Å². The summed E-state index contributed by atoms with van der Waals surface area (Å²) in [5, 5.41) is 18.4. The number of rotatable bonds is 7. The molecular weight excluding hydrogens is 532 g/mol. The summed E-state index contributed by atoms with van der Waals surface area (Å²) < 4.78 is 24.8. The fraction of sp³-hybridized carbons (Fsp3) is 0.0800. The molecule has 0 aliphatic carbocycles. The first kappa shape index (κ1) is 25.0. The van der Waals surface area contributed by atoms with E-state index in [0.717, 1.165) is 22.2 Å². The van der Waals surface area contributed by atoms with Gasteiger partial charge in [0.05, 0.1) is 10.1 Å². The number of nitrogens with zero attached hydrogens (tertiary/aromatic N) is 3. The number of hydrogen-bond donors (Lipinski definition) is 3. The number of amides is 1. The lowest BCUT2D eigenvalue weighted by molar-refractivity contribution is -0.115. The maximum Gasteiger partial charge on any atom is 0.238 e. The van der Waals surface area contributed by atoms with Gasteiger partial charge in [0, 0.05) is 39.1 Å². The first-order valence-electron chi connectivity index (χ1n) is 11.1. The van der Waals surface area contributed by atoms with Gasteiger partial charge in [0.2, 0.25) is 15.9 Å². The maximum absolute atomic E-state index is 12.9. The van der Waals surface area contributed by atoms with E-state index < -0.39 is 15.3 Å². The van der Waals surface area contributed by atoms with E-state index in [1.807, 2.05) is 47.2 Å². The van der Waals surface area contributed by atoms with Crippen LogP contribution in [0.15, 0.2) is 89.0 Å². The average molecular weight is 553 g/mol. The molecule has 2 aromatic heterocycles. The highest BCUT2D eigenvalue weighted by Gasteiger charge is 2.23. The minimum atomic E-state index is -3.81. The highest BCUT2D eigenvalue weighted by molar-refractivity contribution is 8.00. The molecule has 0 fully saturated rings. The summed E-state index contributed by atoms with van der Waals surface area (Å²) in [6, 6.07) is 20.9. The van der Waals surface area contributed by atoms with Gasteiger partial charge in [0.25, 0.3) is 0 Å². The van der Waals surface area contributed by atoms with Crippen molar-refractivity contribution in [3.63, 3.8) is 0 Å². The van der Waals surface area contributed by atoms with Crippen LogP contribution >= 0.6 is 23.4 Å². The second-order valence-corrected chi connectivity index (χ2v) is 11.5. The van der Waals surface area contributed by atoms with Crippen molar-refractivity contribution in [2.75, 3.05) is 5.32 Å². The Morgan fingerprint density at radius 3 is 2.46 bits per heavy atom. The Morgan fingerprint density at radius 2 is 1.76 bits per heavy atom. The third kappa shape index (κ3) is 5.25. The van der Waals surface area contributed by atoms with Crippen molar-refractivity contribution >= 4 is 55.9 Å². The summed E-state index contributed by atoms with van der Waals surface area (Å²) in [6.07, 6.45) is 1.89. The van der Waals surface area contributed by atoms with Crippen molar-refractivity contribution in [2.45, 2.75) is 22.2 Å². The number of carbonyl (C=O) groups is 1. The van der Waals surface area contributed by atoms with Crippen LogP contribution < -0.4 is 10.5 Å². The van der Waals surface area contributed by atoms with Gasteiger partial charge in [-0.3, -0.25) is 9.36 Å². The van der Waals surface area contributed by atoms with E-state index in [-0.39, 0.29) is 10.8 Å². The van der Waals surface area contributed by atoms with Gasteiger partial charge in [0.1, 0.15) is 0 Å². The first-order chi connectivity index (χ1) is 17.7. The summed E-state index contributed by atoms with van der Waals surface area (Å²) in [4.78, 5) is 16.2. The molecule has 0 radical (unpaired) electrons. The Kier molecular flexibility index (Phi) is 6.78. The molecule has 4 N–H and O–H groups in total. The molecule has 2 heterocycles. The van der Waals surface area contributed by atoms with Gasteiger partial charge in [-0.25, -0.2) is 13.6 Å². The number of para-hydroxylation sites is 1. The van der Waals surface area contributed by atoms with E-state index in [0.29, 0.717) is 21.7 Å². The number of aromatic amines is 1. The normalized spacial score (nSPS) is 12.5. The van der Waals surface area contributed by atoms with E-state index >= 15 is 0 Å². The number of primary sulfonamides is 1. The quantitative estimate of drug-likeness (QED) is 0.247. The molecule has 1 unspecified atom stereocenters. The topological polar surface area (TPSA) is 136 Å². The zero-order chi connectivity index (χ0) is 26.2. The number of halogens is 1. The molecule has 0 aliphatic rings. The van der Waals surface area contributed by atoms with Crippen LogP contribution in [0.4, 0.5) is 5.69 Å². The Labute approximate surface area is 222 Å². The molecule has 5 aromatic rings. The second kappa shape index (κ2) is 10.0. The van der Waals surface area contributed by atoms with E-state index in [1.54, 1.807) is 19.1 Å². The Balaban J connectivity index is 1.45. The highest BCUT2D eigenvalue weighted by atomic mass is 35.5. The fourth-order valence-corrected chi connectivity index (χ4v) is 5.29. The fourth-order valence-electron chi connectivity index (χ4n) is 3.78. The molecule has 188 valence electrons. The number of fused-ring (bicyclic) bond motifs is 1. The van der Waals surface area contributed by atoms with Crippen LogP contribution in [-0.4, -0.2) is 39.3 Å². The number of hydrogen-bond acceptors (Lipinski definition) is 6. The third-order valence-corrected chi connectivity index (χ3v) is 7.87. The molecule has 0 aliphatic heterocycles. The summed E-state index contributed by atoms with van der Waals surface area (Å²) in [6.45, 7) is 1.75. The van der Waals surface area contributed by atoms with Gasteiger partial charge in [0.15, 0.2) is 11.0 Å². The molecule has 1 atom stereocenters. The van der Waals surface area contributed by atoms with Gasteiger partial charge in [-0.15, -0.1) is 10.2 Å². The van der Waals surface area contributed by atoms with Crippen LogP contribution in [0.5, 0.6) is 0 Å². The lowest BCUT2D eigenvalue weighted by Gasteiger charge is -2.14. The number of H-pyrrole nitrogens is 1. The first-order valence-corrected chi connectivity index (χ1v) is 13.9. The van der Waals surface area contributed by atoms with Crippen LogP contribution in [0.25, 0.3) is 28.0 Å². The van der Waals surface area contributed by atoms with E-state index in [4.69, 9.17) is 16.7 Å². The standard InChI is InChI=1S/C25H21ClN6O3S2/c1-15(24(33)29-17-8-12-19(13-9-17)37(27,34)35)36-25-31-30-23(32(25)18-10-6-16(26)7-11-18)21-14-28-22-5-3-2-4-20(21)22/h2-15,28H,1H3,(H,29,33)(H2,27,34,35). The summed E-state index contributed by atoms with van der Waals surface area (Å²) in [5.41, 5.74) is 3.09. The lowest BCUT2D eigenvalue weighted by Crippen LogP contribution is -2.23. The molecule has 5 rings (SSSR count). The van der Waals surface area contributed by atoms with Gasteiger partial charge >= 0.3 is 0 Å². The van der Waals surface area contributed by atoms with Crippen molar-refractivity contribution in [1.29, 1.82) is 0 Å². The van der Waals surface area contributed by atoms with Crippen LogP contribution in [-0.2, 0) is 14.8 Å². The number of nitrogens with two attached hydrogens (primary N) is 1. The predicted molar refractivity (Wildman–Crippen MR) is 145 cm³/mol. The Bertz CT molecular complexity index is 1700. The Morgan fingerprint density at radius 1 is 1.05 bits per heavy atom. The molecule has 0 bridgehead atoms. The predicted octanol–water partition coefficient (Wildman–Crippen LogP) is 4.84. The van der Waals surface area contributed by atoms with Crippen LogP contribution in [0, 0.1) is 0 Å². The summed E-state index contributed by atoms with van der Waals surface area (Å²) in [7, 11) is -3.81. The minimum absolute atomic E-state index is 0.0335. The number of carbonyl (C=O) groups excluding carboxylic acids is 1. The van der Waals surface area contributed by atoms with Gasteiger partial charge < -0.3 is 10.3 Å². The minimum Gasteiger partial charge on any atom is -0.360 e. The molecule has 9 nitrogen and oxygen atoms in total. The molecule has 1 amide bonds. The van der Waals surface area contributed by atoms with Crippen molar-refractivity contribution in [2.24, 2.45) is 5.14 Å². The maximum atomic E-state index is 12.9. The number of anilines is 1. The van der Waals surface area contributed by atoms with Crippen LogP contribution in [0.1, 0.15) is 6.92 Å². The molecular formula is C25H21ClN6O3S2. The summed E-state index contributed by atoms with van der Waals surface area (Å²) in [5.74, 6) is 0.334. The molecule has 12 heteroatoms. The number of benzene rings is 3. The van der Waals surface area contributed by atoms with Crippen LogP contribution in [0.3, 0.4) is 0 Å². The highest BCUT2D eigenvalue weighted by Crippen LogP contribution is 2.34. The van der Waals surface area contributed by atoms with E-state index in [2.05, 4.69) is 20.5 Å². The number of aromatic nitrogens is 4. The van der Waals surface area contributed by atoms with E-state index in [9.17, 15) is 13.2 Å². The average Bonchev–Trinajstić information content (AvgIpc) is 3.48. The number of nitrogens with one attached hydrogen (secondary N) is 2. The third-order valence-electron chi connectivity index (χ3n) is 5.65.